The maximum atomic E-state index is 2.36. The van der Waals surface area contributed by atoms with Crippen LogP contribution < -0.4 is 0 Å². The van der Waals surface area contributed by atoms with Gasteiger partial charge in [0.1, 0.15) is 0 Å². The van der Waals surface area contributed by atoms with Gasteiger partial charge in [0.15, 0.2) is 0 Å². The first-order valence-corrected chi connectivity index (χ1v) is 4.98. The first-order chi connectivity index (χ1) is 4.97. The highest BCUT2D eigenvalue weighted by molar-refractivity contribution is 8.00. The highest BCUT2D eigenvalue weighted by Crippen LogP contribution is 2.33. The molecule has 1 heterocycles. The van der Waals surface area contributed by atoms with Crippen molar-refractivity contribution in [1.82, 2.24) is 0 Å². The summed E-state index contributed by atoms with van der Waals surface area (Å²) in [4.78, 5) is 0. The van der Waals surface area contributed by atoms with Crippen molar-refractivity contribution >= 4 is 11.8 Å². The van der Waals surface area contributed by atoms with Gasteiger partial charge in [-0.1, -0.05) is 24.3 Å². The highest BCUT2D eigenvalue weighted by atomic mass is 32.2. The van der Waals surface area contributed by atoms with Crippen LogP contribution in [0.15, 0.2) is 24.3 Å². The van der Waals surface area contributed by atoms with Crippen LogP contribution in [0.4, 0.5) is 0 Å². The highest BCUT2D eigenvalue weighted by Gasteiger charge is 2.21. The zero-order chi connectivity index (χ0) is 6.81. The van der Waals surface area contributed by atoms with E-state index in [2.05, 4.69) is 36.1 Å². The fraction of sp³-hybridized carbons (Fsp3) is 0.556. The summed E-state index contributed by atoms with van der Waals surface area (Å²) < 4.78 is 0. The number of rotatable bonds is 0. The predicted molar refractivity (Wildman–Crippen MR) is 47.3 cm³/mol. The van der Waals surface area contributed by atoms with E-state index in [9.17, 15) is 0 Å². The summed E-state index contributed by atoms with van der Waals surface area (Å²) in [6, 6.07) is 0. The lowest BCUT2D eigenvalue weighted by Crippen LogP contribution is -2.19. The van der Waals surface area contributed by atoms with Crippen LogP contribution in [0.25, 0.3) is 0 Å². The molecule has 0 aromatic carbocycles. The van der Waals surface area contributed by atoms with Crippen molar-refractivity contribution in [1.29, 1.82) is 0 Å². The van der Waals surface area contributed by atoms with Crippen LogP contribution in [0.3, 0.4) is 0 Å². The molecule has 10 heavy (non-hydrogen) atoms. The third-order valence-corrected chi connectivity index (χ3v) is 3.60. The van der Waals surface area contributed by atoms with Gasteiger partial charge in [-0.25, -0.2) is 0 Å². The molecular weight excluding hydrogens is 140 g/mol. The average Bonchev–Trinajstić information content (AvgIpc) is 2.05. The average molecular weight is 152 g/mol. The second kappa shape index (κ2) is 2.83. The van der Waals surface area contributed by atoms with Gasteiger partial charge in [0, 0.05) is 5.25 Å². The van der Waals surface area contributed by atoms with Gasteiger partial charge < -0.3 is 0 Å². The van der Waals surface area contributed by atoms with Gasteiger partial charge in [0.2, 0.25) is 0 Å². The predicted octanol–water partition coefficient (Wildman–Crippen LogP) is 2.62. The zero-order valence-corrected chi connectivity index (χ0v) is 6.81. The molecule has 0 N–H and O–H groups in total. The number of fused-ring (bicyclic) bond motifs is 1. The van der Waals surface area contributed by atoms with Gasteiger partial charge in [0.05, 0.1) is 0 Å². The fourth-order valence-corrected chi connectivity index (χ4v) is 2.89. The first kappa shape index (κ1) is 6.53. The molecule has 0 amide bonds. The van der Waals surface area contributed by atoms with Crippen LogP contribution in [-0.4, -0.2) is 11.0 Å². The third-order valence-electron chi connectivity index (χ3n) is 2.18. The number of hydrogen-bond acceptors (Lipinski definition) is 1. The Kier molecular flexibility index (Phi) is 1.85. The molecule has 1 aliphatic carbocycles. The maximum absolute atomic E-state index is 2.36. The molecule has 0 aromatic heterocycles. The third kappa shape index (κ3) is 1.15. The van der Waals surface area contributed by atoms with Gasteiger partial charge in [-0.15, -0.1) is 0 Å². The van der Waals surface area contributed by atoms with Gasteiger partial charge >= 0.3 is 0 Å². The molecule has 1 heteroatoms. The molecule has 54 valence electrons. The van der Waals surface area contributed by atoms with E-state index in [4.69, 9.17) is 0 Å². The topological polar surface area (TPSA) is 0 Å². The summed E-state index contributed by atoms with van der Waals surface area (Å²) in [5, 5.41) is 0.804. The van der Waals surface area contributed by atoms with Crippen molar-refractivity contribution in [2.24, 2.45) is 5.92 Å². The summed E-state index contributed by atoms with van der Waals surface area (Å²) >= 11 is 2.11. The lowest BCUT2D eigenvalue weighted by molar-refractivity contribution is 0.579. The van der Waals surface area contributed by atoms with E-state index in [-0.39, 0.29) is 0 Å². The van der Waals surface area contributed by atoms with E-state index in [1.807, 2.05) is 0 Å². The van der Waals surface area contributed by atoms with E-state index in [0.717, 1.165) is 11.2 Å². The first-order valence-electron chi connectivity index (χ1n) is 3.93. The Morgan fingerprint density at radius 3 is 3.00 bits per heavy atom. The van der Waals surface area contributed by atoms with E-state index in [1.165, 1.54) is 18.6 Å². The summed E-state index contributed by atoms with van der Waals surface area (Å²) in [7, 11) is 0. The molecule has 1 saturated heterocycles. The lowest BCUT2D eigenvalue weighted by Gasteiger charge is -2.27. The quantitative estimate of drug-likeness (QED) is 0.514. The summed E-state index contributed by atoms with van der Waals surface area (Å²) in [5.41, 5.74) is 0. The van der Waals surface area contributed by atoms with Crippen molar-refractivity contribution in [3.8, 4) is 0 Å². The Labute approximate surface area is 66.4 Å². The van der Waals surface area contributed by atoms with Crippen LogP contribution in [0.5, 0.6) is 0 Å². The molecular formula is C9H12S. The van der Waals surface area contributed by atoms with E-state index >= 15 is 0 Å². The molecule has 0 spiro atoms. The molecule has 2 unspecified atom stereocenters. The Hall–Kier alpha value is -0.170. The molecule has 0 nitrogen and oxygen atoms in total. The Morgan fingerprint density at radius 1 is 1.20 bits per heavy atom. The molecule has 0 bridgehead atoms. The summed E-state index contributed by atoms with van der Waals surface area (Å²) in [6.45, 7) is 0. The molecule has 1 fully saturated rings. The van der Waals surface area contributed by atoms with Crippen LogP contribution in [-0.2, 0) is 0 Å². The zero-order valence-electron chi connectivity index (χ0n) is 5.99. The van der Waals surface area contributed by atoms with E-state index in [0.29, 0.717) is 0 Å². The van der Waals surface area contributed by atoms with Gasteiger partial charge in [0.25, 0.3) is 0 Å². The van der Waals surface area contributed by atoms with Crippen LogP contribution in [0, 0.1) is 5.92 Å². The maximum Gasteiger partial charge on any atom is 0.0293 e. The van der Waals surface area contributed by atoms with E-state index in [1.54, 1.807) is 0 Å². The molecule has 2 atom stereocenters. The number of thioether (sulfide) groups is 1. The van der Waals surface area contributed by atoms with Crippen LogP contribution in [0.1, 0.15) is 12.8 Å². The van der Waals surface area contributed by atoms with Crippen molar-refractivity contribution in [2.75, 3.05) is 5.75 Å². The minimum absolute atomic E-state index is 0.804. The molecule has 0 aromatic rings. The molecule has 2 rings (SSSR count). The van der Waals surface area contributed by atoms with Gasteiger partial charge in [-0.3, -0.25) is 0 Å². The van der Waals surface area contributed by atoms with Crippen LogP contribution in [0.2, 0.25) is 0 Å². The lowest BCUT2D eigenvalue weighted by atomic mass is 9.95. The Bertz CT molecular complexity index is 150. The van der Waals surface area contributed by atoms with Gasteiger partial charge in [-0.05, 0) is 24.5 Å². The molecule has 0 radical (unpaired) electrons. The van der Waals surface area contributed by atoms with Gasteiger partial charge in [-0.2, -0.15) is 11.8 Å². The molecule has 0 saturated carbocycles. The summed E-state index contributed by atoms with van der Waals surface area (Å²) in [5.74, 6) is 2.21. The van der Waals surface area contributed by atoms with Crippen LogP contribution >= 0.6 is 11.8 Å². The number of allylic oxidation sites excluding steroid dienone is 3. The minimum Gasteiger partial charge on any atom is -0.154 e. The number of hydrogen-bond donors (Lipinski definition) is 0. The second-order valence-electron chi connectivity index (χ2n) is 2.91. The Balaban J connectivity index is 2.09. The van der Waals surface area contributed by atoms with Crippen molar-refractivity contribution in [3.63, 3.8) is 0 Å². The smallest absolute Gasteiger partial charge is 0.0293 e. The van der Waals surface area contributed by atoms with E-state index < -0.39 is 0 Å². The summed E-state index contributed by atoms with van der Waals surface area (Å²) in [6.07, 6.45) is 11.9. The largest absolute Gasteiger partial charge is 0.154 e. The fourth-order valence-electron chi connectivity index (χ4n) is 1.61. The minimum atomic E-state index is 0.804. The van der Waals surface area contributed by atoms with Crippen molar-refractivity contribution in [3.05, 3.63) is 24.3 Å². The standard InChI is InChI=1S/C9H12S/c1-2-6-9-8(4-1)5-3-7-10-9/h1-2,4,6,8-9H,3,5,7H2. The molecule has 1 aliphatic heterocycles. The molecule has 2 aliphatic rings. The second-order valence-corrected chi connectivity index (χ2v) is 4.20. The monoisotopic (exact) mass is 152 g/mol. The Morgan fingerprint density at radius 2 is 2.10 bits per heavy atom. The normalized spacial score (nSPS) is 37.6. The SMILES string of the molecule is C1=CC2CCCSC2C=C1. The van der Waals surface area contributed by atoms with Crippen molar-refractivity contribution in [2.45, 2.75) is 18.1 Å². The van der Waals surface area contributed by atoms with Crippen molar-refractivity contribution < 1.29 is 0 Å².